The van der Waals surface area contributed by atoms with E-state index in [1.54, 1.807) is 12.2 Å². The van der Waals surface area contributed by atoms with Crippen molar-refractivity contribution in [2.75, 3.05) is 0 Å². The van der Waals surface area contributed by atoms with Crippen LogP contribution in [0.1, 0.15) is 22.1 Å². The standard InChI is InChI=1S/C18H13ClFN3O5/c19-13-9-12(23-27-13)15(24)22-14(10-3-5-11(20)6-4-10)18(16(25)26)17(28-18)7-1-2-8-21-17/h1-9,14,21H,(H,22,24)(H,25,26)/t14?,17-,18?/m0/s1. The van der Waals surface area contributed by atoms with Crippen molar-refractivity contribution in [3.63, 3.8) is 0 Å². The highest BCUT2D eigenvalue weighted by molar-refractivity contribution is 6.29. The number of benzene rings is 1. The molecule has 0 bridgehead atoms. The molecule has 1 spiro atoms. The molecule has 2 unspecified atom stereocenters. The Bertz CT molecular complexity index is 1000. The van der Waals surface area contributed by atoms with Crippen LogP contribution in [0.2, 0.25) is 5.22 Å². The SMILES string of the molecule is O=C(NC(c1ccc(F)cc1)C1(C(=O)O)O[C@@]12C=CC=CN2)c1cc(Cl)on1. The minimum absolute atomic E-state index is 0.0995. The van der Waals surface area contributed by atoms with Gasteiger partial charge in [-0.05, 0) is 47.6 Å². The van der Waals surface area contributed by atoms with Gasteiger partial charge in [-0.1, -0.05) is 23.4 Å². The first-order valence-electron chi connectivity index (χ1n) is 8.12. The van der Waals surface area contributed by atoms with Gasteiger partial charge in [0, 0.05) is 6.07 Å². The molecule has 1 amide bonds. The summed E-state index contributed by atoms with van der Waals surface area (Å²) in [5.41, 5.74) is -3.07. The molecular formula is C18H13ClFN3O5. The molecular weight excluding hydrogens is 393 g/mol. The van der Waals surface area contributed by atoms with Gasteiger partial charge >= 0.3 is 5.97 Å². The Kier molecular flexibility index (Phi) is 4.20. The fraction of sp³-hybridized carbons (Fsp3) is 0.167. The molecule has 10 heteroatoms. The molecule has 0 radical (unpaired) electrons. The Hall–Kier alpha value is -3.17. The maximum absolute atomic E-state index is 13.4. The summed E-state index contributed by atoms with van der Waals surface area (Å²) in [6.07, 6.45) is 6.37. The highest BCUT2D eigenvalue weighted by atomic mass is 35.5. The first-order chi connectivity index (χ1) is 13.4. The summed E-state index contributed by atoms with van der Waals surface area (Å²) >= 11 is 5.65. The van der Waals surface area contributed by atoms with Gasteiger partial charge in [0.15, 0.2) is 5.69 Å². The highest BCUT2D eigenvalue weighted by Crippen LogP contribution is 2.55. The molecule has 1 aromatic heterocycles. The molecule has 2 aliphatic rings. The van der Waals surface area contributed by atoms with Crippen LogP contribution in [-0.2, 0) is 9.53 Å². The van der Waals surface area contributed by atoms with E-state index in [2.05, 4.69) is 20.3 Å². The highest BCUT2D eigenvalue weighted by Gasteiger charge is 2.79. The average Bonchev–Trinajstić information content (AvgIpc) is 3.09. The maximum atomic E-state index is 13.4. The topological polar surface area (TPSA) is 117 Å². The number of carbonyl (C=O) groups excluding carboxylic acids is 1. The van der Waals surface area contributed by atoms with Crippen molar-refractivity contribution >= 4 is 23.5 Å². The Labute approximate surface area is 162 Å². The van der Waals surface area contributed by atoms with Crippen LogP contribution in [0.4, 0.5) is 4.39 Å². The lowest BCUT2D eigenvalue weighted by molar-refractivity contribution is -0.144. The van der Waals surface area contributed by atoms with E-state index >= 15 is 0 Å². The molecule has 3 atom stereocenters. The van der Waals surface area contributed by atoms with E-state index in [4.69, 9.17) is 16.3 Å². The summed E-state index contributed by atoms with van der Waals surface area (Å²) in [4.78, 5) is 24.9. The van der Waals surface area contributed by atoms with E-state index in [-0.39, 0.29) is 10.9 Å². The lowest BCUT2D eigenvalue weighted by Gasteiger charge is -2.26. The maximum Gasteiger partial charge on any atom is 0.344 e. The Morgan fingerprint density at radius 1 is 1.29 bits per heavy atom. The number of nitrogens with one attached hydrogen (secondary N) is 2. The lowest BCUT2D eigenvalue weighted by Crippen LogP contribution is -2.51. The monoisotopic (exact) mass is 405 g/mol. The van der Waals surface area contributed by atoms with Gasteiger partial charge in [0.2, 0.25) is 16.5 Å². The van der Waals surface area contributed by atoms with Crippen LogP contribution in [0, 0.1) is 5.82 Å². The summed E-state index contributed by atoms with van der Waals surface area (Å²) in [6.45, 7) is 0. The molecule has 2 aromatic rings. The van der Waals surface area contributed by atoms with Crippen LogP contribution >= 0.6 is 11.6 Å². The van der Waals surface area contributed by atoms with E-state index in [0.29, 0.717) is 5.56 Å². The number of hydrogen-bond acceptors (Lipinski definition) is 6. The Morgan fingerprint density at radius 3 is 2.61 bits per heavy atom. The molecule has 1 fully saturated rings. The molecule has 3 N–H and O–H groups in total. The van der Waals surface area contributed by atoms with Crippen molar-refractivity contribution in [3.8, 4) is 0 Å². The van der Waals surface area contributed by atoms with Crippen molar-refractivity contribution < 1.29 is 28.3 Å². The van der Waals surface area contributed by atoms with E-state index in [1.807, 2.05) is 0 Å². The van der Waals surface area contributed by atoms with E-state index in [1.165, 1.54) is 30.5 Å². The number of rotatable bonds is 5. The number of epoxide rings is 1. The van der Waals surface area contributed by atoms with Crippen molar-refractivity contribution in [3.05, 3.63) is 77.1 Å². The molecule has 2 aliphatic heterocycles. The number of amides is 1. The first kappa shape index (κ1) is 18.2. The van der Waals surface area contributed by atoms with E-state index in [0.717, 1.165) is 12.1 Å². The molecule has 28 heavy (non-hydrogen) atoms. The molecule has 1 aromatic carbocycles. The van der Waals surface area contributed by atoms with Crippen molar-refractivity contribution in [2.24, 2.45) is 0 Å². The van der Waals surface area contributed by atoms with Crippen LogP contribution in [0.3, 0.4) is 0 Å². The third kappa shape index (κ3) is 2.76. The second-order valence-corrected chi connectivity index (χ2v) is 6.59. The van der Waals surface area contributed by atoms with Gasteiger partial charge in [-0.25, -0.2) is 9.18 Å². The molecule has 4 rings (SSSR count). The van der Waals surface area contributed by atoms with Crippen LogP contribution in [0.5, 0.6) is 0 Å². The number of aromatic nitrogens is 1. The van der Waals surface area contributed by atoms with Crippen molar-refractivity contribution in [1.29, 1.82) is 0 Å². The normalized spacial score (nSPS) is 25.9. The number of hydrogen-bond donors (Lipinski definition) is 3. The number of carbonyl (C=O) groups is 2. The van der Waals surface area contributed by atoms with Crippen LogP contribution in [-0.4, -0.2) is 33.5 Å². The Morgan fingerprint density at radius 2 is 2.04 bits per heavy atom. The number of dihydropyridines is 1. The van der Waals surface area contributed by atoms with Crippen molar-refractivity contribution in [2.45, 2.75) is 17.4 Å². The fourth-order valence-corrected chi connectivity index (χ4v) is 3.37. The quantitative estimate of drug-likeness (QED) is 0.652. The molecule has 1 saturated heterocycles. The first-order valence-corrected chi connectivity index (χ1v) is 8.50. The van der Waals surface area contributed by atoms with Crippen LogP contribution in [0.25, 0.3) is 0 Å². The number of nitrogens with zero attached hydrogens (tertiary/aromatic N) is 1. The van der Waals surface area contributed by atoms with Gasteiger partial charge < -0.3 is 25.0 Å². The number of halogens is 2. The zero-order valence-corrected chi connectivity index (χ0v) is 14.8. The predicted octanol–water partition coefficient (Wildman–Crippen LogP) is 2.16. The van der Waals surface area contributed by atoms with Crippen LogP contribution in [0.15, 0.2) is 59.3 Å². The summed E-state index contributed by atoms with van der Waals surface area (Å²) in [7, 11) is 0. The summed E-state index contributed by atoms with van der Waals surface area (Å²) < 4.78 is 23.7. The summed E-state index contributed by atoms with van der Waals surface area (Å²) in [5.74, 6) is -2.55. The summed E-state index contributed by atoms with van der Waals surface area (Å²) in [5, 5.41) is 18.9. The second kappa shape index (κ2) is 6.47. The molecule has 0 aliphatic carbocycles. The fourth-order valence-electron chi connectivity index (χ4n) is 3.23. The number of carboxylic acid groups (broad SMARTS) is 1. The smallest absolute Gasteiger partial charge is 0.344 e. The predicted molar refractivity (Wildman–Crippen MR) is 93.7 cm³/mol. The Balaban J connectivity index is 1.75. The molecule has 8 nitrogen and oxygen atoms in total. The van der Waals surface area contributed by atoms with Gasteiger partial charge in [-0.15, -0.1) is 0 Å². The largest absolute Gasteiger partial charge is 0.479 e. The van der Waals surface area contributed by atoms with Crippen molar-refractivity contribution in [1.82, 2.24) is 15.8 Å². The molecule has 3 heterocycles. The zero-order chi connectivity index (χ0) is 19.9. The molecule has 0 saturated carbocycles. The lowest BCUT2D eigenvalue weighted by atomic mass is 9.85. The number of aliphatic carboxylic acids is 1. The summed E-state index contributed by atoms with van der Waals surface area (Å²) in [6, 6.07) is 5.08. The zero-order valence-electron chi connectivity index (χ0n) is 14.1. The molecule has 144 valence electrons. The number of carboxylic acids is 1. The van der Waals surface area contributed by atoms with E-state index in [9.17, 15) is 19.1 Å². The van der Waals surface area contributed by atoms with Gasteiger partial charge in [0.25, 0.3) is 5.91 Å². The van der Waals surface area contributed by atoms with Gasteiger partial charge in [0.1, 0.15) is 5.82 Å². The number of allylic oxidation sites excluding steroid dienone is 2. The van der Waals surface area contributed by atoms with Gasteiger partial charge in [-0.3, -0.25) is 4.79 Å². The minimum atomic E-state index is -1.88. The third-order valence-corrected chi connectivity index (χ3v) is 4.76. The average molecular weight is 406 g/mol. The van der Waals surface area contributed by atoms with Crippen LogP contribution < -0.4 is 10.6 Å². The van der Waals surface area contributed by atoms with Gasteiger partial charge in [0.05, 0.1) is 6.04 Å². The van der Waals surface area contributed by atoms with Gasteiger partial charge in [-0.2, -0.15) is 0 Å². The third-order valence-electron chi connectivity index (χ3n) is 4.59. The number of ether oxygens (including phenoxy) is 1. The minimum Gasteiger partial charge on any atom is -0.479 e. The van der Waals surface area contributed by atoms with E-state index < -0.39 is 35.1 Å². The second-order valence-electron chi connectivity index (χ2n) is 6.22.